The van der Waals surface area contributed by atoms with Crippen LogP contribution < -0.4 is 14.4 Å². The van der Waals surface area contributed by atoms with Gasteiger partial charge in [0, 0.05) is 30.6 Å². The van der Waals surface area contributed by atoms with Gasteiger partial charge in [0.1, 0.15) is 23.9 Å². The summed E-state index contributed by atoms with van der Waals surface area (Å²) in [4.78, 5) is 19.9. The molecule has 3 aromatic carbocycles. The highest BCUT2D eigenvalue weighted by Crippen LogP contribution is 2.35. The zero-order chi connectivity index (χ0) is 23.7. The number of para-hydroxylation sites is 2. The molecule has 0 bridgehead atoms. The Morgan fingerprint density at radius 2 is 1.79 bits per heavy atom. The fourth-order valence-corrected chi connectivity index (χ4v) is 4.73. The molecule has 1 aliphatic heterocycles. The first-order valence-corrected chi connectivity index (χ1v) is 11.6. The number of anilines is 1. The van der Waals surface area contributed by atoms with E-state index in [0.717, 1.165) is 39.6 Å². The number of rotatable bonds is 7. The molecular formula is C28H29N3O3. The molecule has 6 heteroatoms. The van der Waals surface area contributed by atoms with Crippen LogP contribution in [0.15, 0.2) is 66.7 Å². The molecule has 0 saturated carbocycles. The Balaban J connectivity index is 1.40. The van der Waals surface area contributed by atoms with E-state index in [2.05, 4.69) is 30.5 Å². The fraction of sp³-hybridized carbons (Fsp3) is 0.286. The molecule has 4 aromatic rings. The number of fused-ring (bicyclic) bond motifs is 1. The summed E-state index contributed by atoms with van der Waals surface area (Å²) in [7, 11) is 1.65. The zero-order valence-corrected chi connectivity index (χ0v) is 19.8. The Morgan fingerprint density at radius 3 is 2.65 bits per heavy atom. The van der Waals surface area contributed by atoms with Gasteiger partial charge in [-0.1, -0.05) is 30.3 Å². The van der Waals surface area contributed by atoms with E-state index in [0.29, 0.717) is 26.1 Å². The molecule has 1 atom stereocenters. The number of aryl methyl sites for hydroxylation is 1. The minimum Gasteiger partial charge on any atom is -0.497 e. The average Bonchev–Trinajstić information content (AvgIpc) is 3.41. The van der Waals surface area contributed by atoms with Crippen molar-refractivity contribution in [3.63, 3.8) is 0 Å². The van der Waals surface area contributed by atoms with Crippen molar-refractivity contribution in [1.29, 1.82) is 0 Å². The lowest BCUT2D eigenvalue weighted by atomic mass is 10.1. The molecule has 1 unspecified atom stereocenters. The predicted molar refractivity (Wildman–Crippen MR) is 134 cm³/mol. The molecule has 0 N–H and O–H groups in total. The number of benzene rings is 3. The molecule has 0 aliphatic carbocycles. The van der Waals surface area contributed by atoms with E-state index in [1.807, 2.05) is 59.5 Å². The van der Waals surface area contributed by atoms with Crippen LogP contribution in [0.3, 0.4) is 0 Å². The lowest BCUT2D eigenvalue weighted by Crippen LogP contribution is -2.25. The summed E-state index contributed by atoms with van der Waals surface area (Å²) < 4.78 is 13.5. The van der Waals surface area contributed by atoms with Crippen LogP contribution in [0.2, 0.25) is 0 Å². The SMILES string of the molecule is COc1cccc(OCCn2c(C3CC(=O)N(c4cccc(C)c4C)C3)nc3ccccc32)c1. The molecule has 5 rings (SSSR count). The summed E-state index contributed by atoms with van der Waals surface area (Å²) in [6.07, 6.45) is 0.452. The largest absolute Gasteiger partial charge is 0.497 e. The van der Waals surface area contributed by atoms with Gasteiger partial charge in [-0.05, 0) is 55.3 Å². The molecule has 6 nitrogen and oxygen atoms in total. The van der Waals surface area contributed by atoms with Crippen molar-refractivity contribution >= 4 is 22.6 Å². The molecule has 0 spiro atoms. The summed E-state index contributed by atoms with van der Waals surface area (Å²) in [6, 6.07) is 21.9. The highest BCUT2D eigenvalue weighted by Gasteiger charge is 2.35. The van der Waals surface area contributed by atoms with Crippen molar-refractivity contribution in [3.8, 4) is 11.5 Å². The van der Waals surface area contributed by atoms with E-state index in [1.54, 1.807) is 7.11 Å². The fourth-order valence-electron chi connectivity index (χ4n) is 4.73. The van der Waals surface area contributed by atoms with Crippen molar-refractivity contribution in [2.24, 2.45) is 0 Å². The second-order valence-electron chi connectivity index (χ2n) is 8.76. The monoisotopic (exact) mass is 455 g/mol. The molecule has 1 amide bonds. The molecule has 1 fully saturated rings. The van der Waals surface area contributed by atoms with Gasteiger partial charge in [0.2, 0.25) is 5.91 Å². The Hall–Kier alpha value is -3.80. The normalized spacial score (nSPS) is 15.8. The Morgan fingerprint density at radius 1 is 1.00 bits per heavy atom. The number of imidazole rings is 1. The smallest absolute Gasteiger partial charge is 0.227 e. The summed E-state index contributed by atoms with van der Waals surface area (Å²) >= 11 is 0. The lowest BCUT2D eigenvalue weighted by Gasteiger charge is -2.20. The number of carbonyl (C=O) groups is 1. The summed E-state index contributed by atoms with van der Waals surface area (Å²) in [6.45, 7) is 5.92. The van der Waals surface area contributed by atoms with Gasteiger partial charge in [-0.2, -0.15) is 0 Å². The van der Waals surface area contributed by atoms with E-state index in [4.69, 9.17) is 14.5 Å². The molecule has 0 radical (unpaired) electrons. The predicted octanol–water partition coefficient (Wildman–Crippen LogP) is 5.26. The van der Waals surface area contributed by atoms with Gasteiger partial charge in [-0.3, -0.25) is 4.79 Å². The zero-order valence-electron chi connectivity index (χ0n) is 19.8. The van der Waals surface area contributed by atoms with Crippen LogP contribution in [0.25, 0.3) is 11.0 Å². The van der Waals surface area contributed by atoms with E-state index in [9.17, 15) is 4.79 Å². The highest BCUT2D eigenvalue weighted by molar-refractivity contribution is 5.97. The first-order chi connectivity index (χ1) is 16.5. The van der Waals surface area contributed by atoms with Crippen LogP contribution in [0.4, 0.5) is 5.69 Å². The van der Waals surface area contributed by atoms with Crippen LogP contribution in [0, 0.1) is 13.8 Å². The highest BCUT2D eigenvalue weighted by atomic mass is 16.5. The number of hydrogen-bond acceptors (Lipinski definition) is 4. The van der Waals surface area contributed by atoms with Crippen LogP contribution in [-0.4, -0.2) is 35.7 Å². The van der Waals surface area contributed by atoms with Gasteiger partial charge >= 0.3 is 0 Å². The van der Waals surface area contributed by atoms with Gasteiger partial charge in [0.15, 0.2) is 0 Å². The first kappa shape index (κ1) is 22.0. The Kier molecular flexibility index (Phi) is 5.97. The molecular weight excluding hydrogens is 426 g/mol. The number of hydrogen-bond donors (Lipinski definition) is 0. The third-order valence-electron chi connectivity index (χ3n) is 6.67. The van der Waals surface area contributed by atoms with E-state index < -0.39 is 0 Å². The van der Waals surface area contributed by atoms with Crippen molar-refractivity contribution < 1.29 is 14.3 Å². The number of methoxy groups -OCH3 is 1. The lowest BCUT2D eigenvalue weighted by molar-refractivity contribution is -0.117. The standard InChI is InChI=1S/C28H29N3O3/c1-19-8-6-13-25(20(19)2)31-18-21(16-27(31)32)28-29-24-11-4-5-12-26(24)30(28)14-15-34-23-10-7-9-22(17-23)33-3/h4-13,17,21H,14-16,18H2,1-3H3. The summed E-state index contributed by atoms with van der Waals surface area (Å²) in [5, 5.41) is 0. The van der Waals surface area contributed by atoms with Gasteiger partial charge in [0.05, 0.1) is 24.7 Å². The molecule has 1 aromatic heterocycles. The van der Waals surface area contributed by atoms with Gasteiger partial charge in [0.25, 0.3) is 0 Å². The minimum absolute atomic E-state index is 0.0247. The number of amides is 1. The Bertz CT molecular complexity index is 1340. The second kappa shape index (κ2) is 9.21. The maximum Gasteiger partial charge on any atom is 0.227 e. The molecule has 1 saturated heterocycles. The van der Waals surface area contributed by atoms with E-state index in [1.165, 1.54) is 5.56 Å². The number of aromatic nitrogens is 2. The van der Waals surface area contributed by atoms with Gasteiger partial charge < -0.3 is 18.9 Å². The summed E-state index contributed by atoms with van der Waals surface area (Å²) in [5.41, 5.74) is 5.34. The molecule has 2 heterocycles. The van der Waals surface area contributed by atoms with Crippen LogP contribution >= 0.6 is 0 Å². The van der Waals surface area contributed by atoms with Crippen LogP contribution in [0.1, 0.15) is 29.3 Å². The van der Waals surface area contributed by atoms with Crippen molar-refractivity contribution in [1.82, 2.24) is 9.55 Å². The number of carbonyl (C=O) groups excluding carboxylic acids is 1. The molecule has 34 heavy (non-hydrogen) atoms. The third kappa shape index (κ3) is 4.12. The van der Waals surface area contributed by atoms with Crippen molar-refractivity contribution in [2.45, 2.75) is 32.7 Å². The summed E-state index contributed by atoms with van der Waals surface area (Å²) in [5.74, 6) is 2.64. The van der Waals surface area contributed by atoms with E-state index in [-0.39, 0.29) is 11.8 Å². The third-order valence-corrected chi connectivity index (χ3v) is 6.67. The average molecular weight is 456 g/mol. The van der Waals surface area contributed by atoms with Gasteiger partial charge in [-0.25, -0.2) is 4.98 Å². The maximum absolute atomic E-state index is 13.1. The minimum atomic E-state index is 0.0247. The second-order valence-corrected chi connectivity index (χ2v) is 8.76. The van der Waals surface area contributed by atoms with E-state index >= 15 is 0 Å². The Labute approximate surface area is 199 Å². The molecule has 174 valence electrons. The van der Waals surface area contributed by atoms with Gasteiger partial charge in [-0.15, -0.1) is 0 Å². The maximum atomic E-state index is 13.1. The first-order valence-electron chi connectivity index (χ1n) is 11.6. The van der Waals surface area contributed by atoms with Crippen LogP contribution in [-0.2, 0) is 11.3 Å². The quantitative estimate of drug-likeness (QED) is 0.381. The molecule has 1 aliphatic rings. The van der Waals surface area contributed by atoms with Crippen LogP contribution in [0.5, 0.6) is 11.5 Å². The van der Waals surface area contributed by atoms with Crippen molar-refractivity contribution in [2.75, 3.05) is 25.2 Å². The van der Waals surface area contributed by atoms with Crippen molar-refractivity contribution in [3.05, 3.63) is 83.7 Å². The number of ether oxygens (including phenoxy) is 2. The number of nitrogens with zero attached hydrogens (tertiary/aromatic N) is 3. The topological polar surface area (TPSA) is 56.6 Å².